The van der Waals surface area contributed by atoms with Crippen molar-refractivity contribution in [3.05, 3.63) is 59.6 Å². The molecule has 0 spiro atoms. The molecule has 0 unspecified atom stereocenters. The van der Waals surface area contributed by atoms with Crippen LogP contribution in [0.15, 0.2) is 48.4 Å². The second-order valence-corrected chi connectivity index (χ2v) is 7.08. The number of hydrogen-bond donors (Lipinski definition) is 0. The van der Waals surface area contributed by atoms with Crippen LogP contribution in [0.3, 0.4) is 0 Å². The molecule has 0 saturated heterocycles. The summed E-state index contributed by atoms with van der Waals surface area (Å²) < 4.78 is 2.44. The Labute approximate surface area is 145 Å². The molecule has 0 saturated carbocycles. The van der Waals surface area contributed by atoms with Gasteiger partial charge in [-0.1, -0.05) is 25.1 Å². The van der Waals surface area contributed by atoms with E-state index in [0.717, 1.165) is 32.4 Å². The van der Waals surface area contributed by atoms with Crippen molar-refractivity contribution in [2.45, 2.75) is 32.7 Å². The first-order valence-corrected chi connectivity index (χ1v) is 8.90. The van der Waals surface area contributed by atoms with Crippen LogP contribution in [-0.4, -0.2) is 42.1 Å². The Hall–Kier alpha value is -2.00. The number of hydrogen-bond acceptors (Lipinski definition) is 2. The number of aromatic nitrogens is 1. The van der Waals surface area contributed by atoms with Crippen LogP contribution in [0.1, 0.15) is 24.5 Å². The largest absolute Gasteiger partial charge is 0.358 e. The zero-order valence-electron chi connectivity index (χ0n) is 15.4. The van der Waals surface area contributed by atoms with Gasteiger partial charge in [-0.15, -0.1) is 0 Å². The van der Waals surface area contributed by atoms with Crippen molar-refractivity contribution in [2.24, 2.45) is 0 Å². The first kappa shape index (κ1) is 16.8. The maximum absolute atomic E-state index is 2.44. The summed E-state index contributed by atoms with van der Waals surface area (Å²) in [5, 5.41) is 1.41. The third-order valence-corrected chi connectivity index (χ3v) is 4.75. The topological polar surface area (TPSA) is 11.4 Å². The Kier molecular flexibility index (Phi) is 5.10. The molecule has 0 atom stereocenters. The third kappa shape index (κ3) is 3.73. The minimum atomic E-state index is 0.973. The number of aryl methyl sites for hydroxylation is 1. The van der Waals surface area contributed by atoms with Crippen molar-refractivity contribution >= 4 is 10.9 Å². The van der Waals surface area contributed by atoms with Gasteiger partial charge in [0.05, 0.1) is 0 Å². The molecule has 0 aliphatic carbocycles. The number of likely N-dealkylation sites (N-methyl/N-ethyl adjacent to an activating group) is 1. The fourth-order valence-electron chi connectivity index (χ4n) is 3.39. The molecule has 0 N–H and O–H groups in total. The molecule has 1 aliphatic heterocycles. The average molecular weight is 323 g/mol. The first-order chi connectivity index (χ1) is 11.6. The van der Waals surface area contributed by atoms with Gasteiger partial charge in [0.15, 0.2) is 0 Å². The Morgan fingerprint density at radius 3 is 2.75 bits per heavy atom. The average Bonchev–Trinajstić information content (AvgIpc) is 2.90. The van der Waals surface area contributed by atoms with E-state index in [9.17, 15) is 0 Å². The normalized spacial score (nSPS) is 14.7. The lowest BCUT2D eigenvalue weighted by molar-refractivity contribution is 0.414. The van der Waals surface area contributed by atoms with E-state index in [2.05, 4.69) is 85.3 Å². The summed E-state index contributed by atoms with van der Waals surface area (Å²) in [6.45, 7) is 4.29. The quantitative estimate of drug-likeness (QED) is 0.795. The molecule has 128 valence electrons. The van der Waals surface area contributed by atoms with E-state index in [-0.39, 0.29) is 0 Å². The summed E-state index contributed by atoms with van der Waals surface area (Å²) in [6.07, 6.45) is 12.2. The van der Waals surface area contributed by atoms with Crippen LogP contribution in [0.25, 0.3) is 10.9 Å². The zero-order chi connectivity index (χ0) is 17.1. The van der Waals surface area contributed by atoms with E-state index < -0.39 is 0 Å². The van der Waals surface area contributed by atoms with E-state index >= 15 is 0 Å². The molecule has 2 heterocycles. The standard InChI is InChI=1S/C21H29N3/c1-5-17-8-9-20-19(10-12-22(2)3)16-24(21(20)13-17)15-18-7-6-11-23(4)14-18/h6,8-9,11,13-14,16H,5,7,10,12,15H2,1-4H3. The molecule has 1 aromatic carbocycles. The highest BCUT2D eigenvalue weighted by Crippen LogP contribution is 2.26. The highest BCUT2D eigenvalue weighted by molar-refractivity contribution is 5.84. The van der Waals surface area contributed by atoms with Gasteiger partial charge in [0.25, 0.3) is 0 Å². The van der Waals surface area contributed by atoms with Crippen LogP contribution in [0, 0.1) is 0 Å². The lowest BCUT2D eigenvalue weighted by Crippen LogP contribution is -2.14. The molecule has 24 heavy (non-hydrogen) atoms. The van der Waals surface area contributed by atoms with Crippen molar-refractivity contribution in [2.75, 3.05) is 27.7 Å². The van der Waals surface area contributed by atoms with E-state index in [0.29, 0.717) is 0 Å². The summed E-state index contributed by atoms with van der Waals surface area (Å²) in [5.74, 6) is 0. The second-order valence-electron chi connectivity index (χ2n) is 7.08. The molecule has 3 rings (SSSR count). The predicted molar refractivity (Wildman–Crippen MR) is 103 cm³/mol. The fraction of sp³-hybridized carbons (Fsp3) is 0.429. The van der Waals surface area contributed by atoms with Crippen LogP contribution >= 0.6 is 0 Å². The molecule has 0 bridgehead atoms. The monoisotopic (exact) mass is 323 g/mol. The van der Waals surface area contributed by atoms with Crippen LogP contribution in [-0.2, 0) is 19.4 Å². The summed E-state index contributed by atoms with van der Waals surface area (Å²) in [7, 11) is 6.38. The minimum absolute atomic E-state index is 0.973. The van der Waals surface area contributed by atoms with Crippen molar-refractivity contribution in [1.29, 1.82) is 0 Å². The minimum Gasteiger partial charge on any atom is -0.358 e. The van der Waals surface area contributed by atoms with Gasteiger partial charge in [-0.3, -0.25) is 0 Å². The Balaban J connectivity index is 1.95. The van der Waals surface area contributed by atoms with Crippen molar-refractivity contribution in [3.63, 3.8) is 0 Å². The second kappa shape index (κ2) is 7.27. The Bertz CT molecular complexity index is 765. The lowest BCUT2D eigenvalue weighted by Gasteiger charge is -2.17. The SMILES string of the molecule is CCc1ccc2c(CCN(C)C)cn(CC3=CN(C)C=CC3)c2c1. The number of allylic oxidation sites excluding steroid dienone is 2. The molecule has 3 nitrogen and oxygen atoms in total. The molecule has 1 aliphatic rings. The van der Waals surface area contributed by atoms with Crippen molar-refractivity contribution in [3.8, 4) is 0 Å². The van der Waals surface area contributed by atoms with E-state index in [1.165, 1.54) is 27.6 Å². The van der Waals surface area contributed by atoms with Crippen molar-refractivity contribution in [1.82, 2.24) is 14.4 Å². The van der Waals surface area contributed by atoms with E-state index in [4.69, 9.17) is 0 Å². The smallest absolute Gasteiger partial charge is 0.0488 e. The number of rotatable bonds is 6. The molecule has 0 radical (unpaired) electrons. The zero-order valence-corrected chi connectivity index (χ0v) is 15.4. The van der Waals surface area contributed by atoms with Gasteiger partial charge in [0.2, 0.25) is 0 Å². The van der Waals surface area contributed by atoms with Gasteiger partial charge in [0, 0.05) is 43.4 Å². The maximum Gasteiger partial charge on any atom is 0.0488 e. The van der Waals surface area contributed by atoms with Gasteiger partial charge in [-0.25, -0.2) is 0 Å². The van der Waals surface area contributed by atoms with Crippen LogP contribution in [0.5, 0.6) is 0 Å². The highest BCUT2D eigenvalue weighted by Gasteiger charge is 2.11. The van der Waals surface area contributed by atoms with Gasteiger partial charge in [0.1, 0.15) is 0 Å². The molecule has 0 fully saturated rings. The van der Waals surface area contributed by atoms with Gasteiger partial charge < -0.3 is 14.4 Å². The molecule has 3 heteroatoms. The molecular formula is C21H29N3. The maximum atomic E-state index is 2.44. The lowest BCUT2D eigenvalue weighted by atomic mass is 10.1. The van der Waals surface area contributed by atoms with Crippen LogP contribution in [0.2, 0.25) is 0 Å². The van der Waals surface area contributed by atoms with Gasteiger partial charge in [-0.2, -0.15) is 0 Å². The first-order valence-electron chi connectivity index (χ1n) is 8.90. The van der Waals surface area contributed by atoms with E-state index in [1.807, 2.05) is 0 Å². The molecular weight excluding hydrogens is 294 g/mol. The number of nitrogens with zero attached hydrogens (tertiary/aromatic N) is 3. The number of benzene rings is 1. The summed E-state index contributed by atoms with van der Waals surface area (Å²) >= 11 is 0. The molecule has 2 aromatic rings. The summed E-state index contributed by atoms with van der Waals surface area (Å²) in [6, 6.07) is 6.97. The predicted octanol–water partition coefficient (Wildman–Crippen LogP) is 4.04. The van der Waals surface area contributed by atoms with Gasteiger partial charge >= 0.3 is 0 Å². The highest BCUT2D eigenvalue weighted by atomic mass is 15.1. The third-order valence-electron chi connectivity index (χ3n) is 4.75. The summed E-state index contributed by atoms with van der Waals surface area (Å²) in [4.78, 5) is 4.40. The molecule has 1 aromatic heterocycles. The summed E-state index contributed by atoms with van der Waals surface area (Å²) in [5.41, 5.74) is 5.71. The van der Waals surface area contributed by atoms with Gasteiger partial charge in [-0.05, 0) is 62.3 Å². The number of fused-ring (bicyclic) bond motifs is 1. The van der Waals surface area contributed by atoms with Crippen molar-refractivity contribution < 1.29 is 0 Å². The fourth-order valence-corrected chi connectivity index (χ4v) is 3.39. The Morgan fingerprint density at radius 1 is 1.21 bits per heavy atom. The Morgan fingerprint density at radius 2 is 2.04 bits per heavy atom. The van der Waals surface area contributed by atoms with Crippen LogP contribution < -0.4 is 0 Å². The van der Waals surface area contributed by atoms with E-state index in [1.54, 1.807) is 0 Å². The van der Waals surface area contributed by atoms with Crippen LogP contribution in [0.4, 0.5) is 0 Å². The molecule has 0 amide bonds.